The summed E-state index contributed by atoms with van der Waals surface area (Å²) in [5.41, 5.74) is -0.146. The predicted molar refractivity (Wildman–Crippen MR) is 53.6 cm³/mol. The average Bonchev–Trinajstić information content (AvgIpc) is 2.02. The minimum atomic E-state index is -3.92. The van der Waals surface area contributed by atoms with Crippen LogP contribution in [0.3, 0.4) is 0 Å². The highest BCUT2D eigenvalue weighted by molar-refractivity contribution is 9.10. The van der Waals surface area contributed by atoms with E-state index in [-0.39, 0.29) is 20.7 Å². The first-order valence-corrected chi connectivity index (χ1v) is 6.33. The van der Waals surface area contributed by atoms with Gasteiger partial charge in [-0.25, -0.2) is 8.42 Å². The average molecular weight is 297 g/mol. The van der Waals surface area contributed by atoms with Crippen molar-refractivity contribution in [3.63, 3.8) is 0 Å². The molecule has 0 atom stereocenters. The van der Waals surface area contributed by atoms with Gasteiger partial charge in [-0.2, -0.15) is 5.26 Å². The smallest absolute Gasteiger partial charge is 0.262 e. The van der Waals surface area contributed by atoms with Crippen LogP contribution in [0.15, 0.2) is 21.5 Å². The quantitative estimate of drug-likeness (QED) is 0.804. The van der Waals surface area contributed by atoms with Crippen LogP contribution < -0.4 is 0 Å². The lowest BCUT2D eigenvalue weighted by atomic mass is 10.2. The zero-order valence-corrected chi connectivity index (χ0v) is 9.69. The molecule has 0 amide bonds. The number of nitrogens with zero attached hydrogens (tertiary/aromatic N) is 1. The first kappa shape index (κ1) is 11.3. The molecule has 0 unspecified atom stereocenters. The summed E-state index contributed by atoms with van der Waals surface area (Å²) in [6.07, 6.45) is 0. The topological polar surface area (TPSA) is 78.2 Å². The Hall–Kier alpha value is -0.770. The van der Waals surface area contributed by atoms with E-state index in [1.807, 2.05) is 0 Å². The normalized spacial score (nSPS) is 10.9. The van der Waals surface area contributed by atoms with E-state index in [1.165, 1.54) is 0 Å². The summed E-state index contributed by atoms with van der Waals surface area (Å²) in [4.78, 5) is -0.242. The lowest BCUT2D eigenvalue weighted by Crippen LogP contribution is -1.93. The van der Waals surface area contributed by atoms with Crippen LogP contribution >= 0.6 is 26.6 Å². The highest BCUT2D eigenvalue weighted by Gasteiger charge is 2.17. The van der Waals surface area contributed by atoms with Gasteiger partial charge in [0.25, 0.3) is 9.05 Å². The fourth-order valence-corrected chi connectivity index (χ4v) is 3.00. The Bertz CT molecular complexity index is 520. The maximum Gasteiger partial charge on any atom is 0.262 e. The van der Waals surface area contributed by atoms with Gasteiger partial charge < -0.3 is 5.11 Å². The van der Waals surface area contributed by atoms with E-state index >= 15 is 0 Å². The third kappa shape index (κ3) is 2.18. The van der Waals surface area contributed by atoms with E-state index in [2.05, 4.69) is 15.9 Å². The van der Waals surface area contributed by atoms with Crippen molar-refractivity contribution in [1.82, 2.24) is 0 Å². The molecule has 0 heterocycles. The van der Waals surface area contributed by atoms with E-state index in [0.717, 1.165) is 12.1 Å². The highest BCUT2D eigenvalue weighted by atomic mass is 79.9. The van der Waals surface area contributed by atoms with Gasteiger partial charge >= 0.3 is 0 Å². The molecule has 14 heavy (non-hydrogen) atoms. The van der Waals surface area contributed by atoms with Crippen molar-refractivity contribution in [3.05, 3.63) is 22.2 Å². The van der Waals surface area contributed by atoms with Gasteiger partial charge in [-0.1, -0.05) is 0 Å². The lowest BCUT2D eigenvalue weighted by molar-refractivity contribution is 0.472. The Labute approximate surface area is 93.3 Å². The summed E-state index contributed by atoms with van der Waals surface area (Å²) in [6, 6.07) is 3.75. The molecule has 74 valence electrons. The van der Waals surface area contributed by atoms with E-state index in [0.29, 0.717) is 0 Å². The van der Waals surface area contributed by atoms with Crippen LogP contribution in [-0.2, 0) is 9.05 Å². The van der Waals surface area contributed by atoms with Crippen molar-refractivity contribution in [2.45, 2.75) is 4.90 Å². The van der Waals surface area contributed by atoms with Gasteiger partial charge in [-0.15, -0.1) is 0 Å². The fourth-order valence-electron chi connectivity index (χ4n) is 0.819. The van der Waals surface area contributed by atoms with Crippen molar-refractivity contribution in [2.75, 3.05) is 0 Å². The van der Waals surface area contributed by atoms with E-state index < -0.39 is 9.05 Å². The first-order valence-electron chi connectivity index (χ1n) is 3.23. The molecule has 0 aliphatic carbocycles. The summed E-state index contributed by atoms with van der Waals surface area (Å²) in [6.45, 7) is 0. The molecule has 0 saturated carbocycles. The van der Waals surface area contributed by atoms with Gasteiger partial charge in [0.1, 0.15) is 11.8 Å². The van der Waals surface area contributed by atoms with E-state index in [1.54, 1.807) is 6.07 Å². The second-order valence-corrected chi connectivity index (χ2v) is 5.74. The molecule has 4 nitrogen and oxygen atoms in total. The number of nitriles is 1. The largest absolute Gasteiger partial charge is 0.507 e. The van der Waals surface area contributed by atoms with Crippen LogP contribution in [0.4, 0.5) is 0 Å². The first-order chi connectivity index (χ1) is 6.36. The van der Waals surface area contributed by atoms with Crippen LogP contribution in [0.5, 0.6) is 5.75 Å². The van der Waals surface area contributed by atoms with Crippen LogP contribution in [0.1, 0.15) is 5.56 Å². The van der Waals surface area contributed by atoms with Gasteiger partial charge in [0.2, 0.25) is 0 Å². The monoisotopic (exact) mass is 295 g/mol. The van der Waals surface area contributed by atoms with Gasteiger partial charge in [-0.3, -0.25) is 0 Å². The molecule has 0 bridgehead atoms. The molecule has 1 aromatic carbocycles. The standard InChI is InChI=1S/C7H3BrClNO3S/c8-5-2-6(11)4(3-10)1-7(5)14(9,12)13/h1-2,11H. The Balaban J connectivity index is 3.58. The summed E-state index contributed by atoms with van der Waals surface area (Å²) >= 11 is 2.91. The van der Waals surface area contributed by atoms with Crippen LogP contribution in [0.25, 0.3) is 0 Å². The molecule has 1 rings (SSSR count). The van der Waals surface area contributed by atoms with Crippen molar-refractivity contribution >= 4 is 35.7 Å². The molecule has 0 aliphatic rings. The second kappa shape index (κ2) is 3.77. The van der Waals surface area contributed by atoms with Gasteiger partial charge in [0, 0.05) is 15.2 Å². The van der Waals surface area contributed by atoms with Gasteiger partial charge in [0.05, 0.1) is 10.5 Å². The third-order valence-corrected chi connectivity index (χ3v) is 3.71. The molecule has 1 N–H and O–H groups in total. The minimum absolute atomic E-state index is 0.115. The molecular formula is C7H3BrClNO3S. The van der Waals surface area contributed by atoms with Crippen LogP contribution in [0.2, 0.25) is 0 Å². The summed E-state index contributed by atoms with van der Waals surface area (Å²) < 4.78 is 22.1. The molecule has 0 spiro atoms. The maximum atomic E-state index is 11.0. The molecule has 1 aromatic rings. The number of hydrogen-bond acceptors (Lipinski definition) is 4. The summed E-state index contributed by atoms with van der Waals surface area (Å²) in [7, 11) is 1.18. The molecule has 0 radical (unpaired) electrons. The van der Waals surface area contributed by atoms with Gasteiger partial charge in [0.15, 0.2) is 0 Å². The lowest BCUT2D eigenvalue weighted by Gasteiger charge is -2.02. The number of benzene rings is 1. The van der Waals surface area contributed by atoms with Crippen LogP contribution in [0, 0.1) is 11.3 Å². The van der Waals surface area contributed by atoms with Crippen molar-refractivity contribution in [1.29, 1.82) is 5.26 Å². The summed E-state index contributed by atoms with van der Waals surface area (Å²) in [5.74, 6) is -0.302. The molecule has 0 aromatic heterocycles. The van der Waals surface area contributed by atoms with E-state index in [9.17, 15) is 13.5 Å². The third-order valence-electron chi connectivity index (χ3n) is 1.43. The maximum absolute atomic E-state index is 11.0. The number of phenols is 1. The minimum Gasteiger partial charge on any atom is -0.507 e. The number of rotatable bonds is 1. The number of phenolic OH excluding ortho intramolecular Hbond substituents is 1. The number of aromatic hydroxyl groups is 1. The van der Waals surface area contributed by atoms with Crippen LogP contribution in [-0.4, -0.2) is 13.5 Å². The molecular weight excluding hydrogens is 294 g/mol. The zero-order valence-electron chi connectivity index (χ0n) is 6.53. The van der Waals surface area contributed by atoms with Crippen molar-refractivity contribution < 1.29 is 13.5 Å². The SMILES string of the molecule is N#Cc1cc(S(=O)(=O)Cl)c(Br)cc1O. The molecule has 0 fully saturated rings. The number of halogens is 2. The molecule has 0 aliphatic heterocycles. The number of hydrogen-bond donors (Lipinski definition) is 1. The van der Waals surface area contributed by atoms with Crippen molar-refractivity contribution in [3.8, 4) is 11.8 Å². The Morgan fingerprint density at radius 3 is 2.50 bits per heavy atom. The molecule has 0 saturated heterocycles. The fraction of sp³-hybridized carbons (Fsp3) is 0. The molecule has 7 heteroatoms. The van der Waals surface area contributed by atoms with Crippen molar-refractivity contribution in [2.24, 2.45) is 0 Å². The Kier molecular flexibility index (Phi) is 3.04. The Morgan fingerprint density at radius 1 is 1.50 bits per heavy atom. The summed E-state index contributed by atoms with van der Waals surface area (Å²) in [5, 5.41) is 17.7. The van der Waals surface area contributed by atoms with E-state index in [4.69, 9.17) is 15.9 Å². The second-order valence-electron chi connectivity index (χ2n) is 2.35. The predicted octanol–water partition coefficient (Wildman–Crippen LogP) is 1.95. The zero-order chi connectivity index (χ0) is 10.9. The Morgan fingerprint density at radius 2 is 2.07 bits per heavy atom. The highest BCUT2D eigenvalue weighted by Crippen LogP contribution is 2.31. The van der Waals surface area contributed by atoms with Gasteiger partial charge in [-0.05, 0) is 28.1 Å².